The van der Waals surface area contributed by atoms with E-state index >= 15 is 0 Å². The van der Waals surface area contributed by atoms with E-state index in [4.69, 9.17) is 4.74 Å². The van der Waals surface area contributed by atoms with Gasteiger partial charge in [-0.15, -0.1) is 0 Å². The molecule has 2 aromatic heterocycles. The molecule has 1 fully saturated rings. The zero-order valence-corrected chi connectivity index (χ0v) is 19.2. The summed E-state index contributed by atoms with van der Waals surface area (Å²) < 4.78 is 19.7. The number of pyridine rings is 1. The molecule has 36 heavy (non-hydrogen) atoms. The monoisotopic (exact) mass is 506 g/mol. The lowest BCUT2D eigenvalue weighted by atomic mass is 9.96. The highest BCUT2D eigenvalue weighted by Crippen LogP contribution is 2.45. The molecule has 3 heterocycles. The Balaban J connectivity index is 1.73. The van der Waals surface area contributed by atoms with E-state index in [1.165, 1.54) is 43.8 Å². The Morgan fingerprint density at radius 3 is 2.72 bits per heavy atom. The Kier molecular flexibility index (Phi) is 5.65. The summed E-state index contributed by atoms with van der Waals surface area (Å²) in [4.78, 5) is 46.7. The van der Waals surface area contributed by atoms with Crippen molar-refractivity contribution >= 4 is 49.8 Å². The minimum absolute atomic E-state index is 0.0895. The van der Waals surface area contributed by atoms with Gasteiger partial charge in [0.05, 0.1) is 39.4 Å². The molecule has 12 heteroatoms. The number of hydrogen-bond acceptors (Lipinski definition) is 9. The summed E-state index contributed by atoms with van der Waals surface area (Å²) in [5.74, 6) is -3.21. The number of fused-ring (bicyclic) bond motifs is 1. The van der Waals surface area contributed by atoms with Crippen molar-refractivity contribution in [3.63, 3.8) is 0 Å². The highest BCUT2D eigenvalue weighted by molar-refractivity contribution is 7.22. The van der Waals surface area contributed by atoms with E-state index in [0.717, 1.165) is 28.4 Å². The van der Waals surface area contributed by atoms with Crippen molar-refractivity contribution in [3.05, 3.63) is 93.6 Å². The van der Waals surface area contributed by atoms with Crippen LogP contribution in [0.25, 0.3) is 16.0 Å². The summed E-state index contributed by atoms with van der Waals surface area (Å²) in [6.45, 7) is 0. The van der Waals surface area contributed by atoms with Crippen LogP contribution in [0.3, 0.4) is 0 Å². The van der Waals surface area contributed by atoms with Crippen LogP contribution in [-0.4, -0.2) is 38.8 Å². The van der Waals surface area contributed by atoms with Crippen molar-refractivity contribution in [2.45, 2.75) is 6.04 Å². The second-order valence-electron chi connectivity index (χ2n) is 7.71. The number of ether oxygens (including phenoxy) is 1. The predicted molar refractivity (Wildman–Crippen MR) is 128 cm³/mol. The molecule has 180 valence electrons. The van der Waals surface area contributed by atoms with E-state index in [0.29, 0.717) is 15.8 Å². The van der Waals surface area contributed by atoms with Crippen LogP contribution in [0.15, 0.2) is 66.5 Å². The zero-order chi connectivity index (χ0) is 25.6. The van der Waals surface area contributed by atoms with Crippen LogP contribution in [0.2, 0.25) is 0 Å². The largest absolute Gasteiger partial charge is 0.507 e. The number of carbonyl (C=O) groups is 2. The van der Waals surface area contributed by atoms with Gasteiger partial charge >= 0.3 is 5.91 Å². The highest BCUT2D eigenvalue weighted by atomic mass is 32.1. The summed E-state index contributed by atoms with van der Waals surface area (Å²) in [6.07, 6.45) is 2.93. The normalized spacial score (nSPS) is 17.1. The van der Waals surface area contributed by atoms with Gasteiger partial charge in [0.25, 0.3) is 11.5 Å². The Bertz CT molecular complexity index is 1590. The minimum atomic E-state index is -1.15. The molecule has 1 aliphatic heterocycles. The van der Waals surface area contributed by atoms with Crippen molar-refractivity contribution in [2.24, 2.45) is 0 Å². The standard InChI is InChI=1S/C24H15FN4O6S/c1-35-17-7-4-13(25)9-15(17)21(30)19-20(12-3-2-8-26-11-12)28(23(32)22(19)31)24-27-16-6-5-14(29(33)34)10-18(16)36-24/h2-11,20,30H,1H3/b21-19+. The van der Waals surface area contributed by atoms with Crippen molar-refractivity contribution in [3.8, 4) is 5.75 Å². The number of hydrogen-bond donors (Lipinski definition) is 1. The third-order valence-corrected chi connectivity index (χ3v) is 6.66. The Hall–Kier alpha value is -4.71. The molecule has 1 saturated heterocycles. The van der Waals surface area contributed by atoms with Gasteiger partial charge in [-0.25, -0.2) is 9.37 Å². The smallest absolute Gasteiger partial charge is 0.301 e. The molecule has 2 aromatic carbocycles. The maximum atomic E-state index is 14.1. The first-order valence-electron chi connectivity index (χ1n) is 10.4. The van der Waals surface area contributed by atoms with E-state index in [1.54, 1.807) is 12.1 Å². The van der Waals surface area contributed by atoms with E-state index in [1.807, 2.05) is 0 Å². The third-order valence-electron chi connectivity index (χ3n) is 5.64. The lowest BCUT2D eigenvalue weighted by Crippen LogP contribution is -2.29. The number of methoxy groups -OCH3 is 1. The Morgan fingerprint density at radius 1 is 1.22 bits per heavy atom. The van der Waals surface area contributed by atoms with Gasteiger partial charge in [0.2, 0.25) is 0 Å². The number of Topliss-reactive ketones (excluding diaryl/α,β-unsaturated/α-hetero) is 1. The van der Waals surface area contributed by atoms with E-state index in [-0.39, 0.29) is 27.7 Å². The number of non-ortho nitro benzene ring substituents is 1. The van der Waals surface area contributed by atoms with Gasteiger partial charge in [-0.1, -0.05) is 17.4 Å². The molecule has 4 aromatic rings. The maximum absolute atomic E-state index is 14.1. The molecular weight excluding hydrogens is 491 g/mol. The first-order valence-corrected chi connectivity index (χ1v) is 11.2. The number of aliphatic hydroxyl groups is 1. The topological polar surface area (TPSA) is 136 Å². The van der Waals surface area contributed by atoms with Crippen LogP contribution in [0.5, 0.6) is 5.75 Å². The summed E-state index contributed by atoms with van der Waals surface area (Å²) >= 11 is 0.978. The molecule has 0 radical (unpaired) electrons. The number of aliphatic hydroxyl groups excluding tert-OH is 1. The van der Waals surface area contributed by atoms with Gasteiger partial charge in [0, 0.05) is 24.5 Å². The quantitative estimate of drug-likeness (QED) is 0.139. The molecule has 0 spiro atoms. The average Bonchev–Trinajstić information content (AvgIpc) is 3.41. The van der Waals surface area contributed by atoms with E-state index in [2.05, 4.69) is 9.97 Å². The Labute approximate surface area is 206 Å². The lowest BCUT2D eigenvalue weighted by Gasteiger charge is -2.22. The molecule has 0 saturated carbocycles. The molecule has 1 N–H and O–H groups in total. The summed E-state index contributed by atoms with van der Waals surface area (Å²) in [5, 5.41) is 22.5. The number of halogens is 1. The molecule has 0 aliphatic carbocycles. The number of carbonyl (C=O) groups excluding carboxylic acids is 2. The second-order valence-corrected chi connectivity index (χ2v) is 8.71. The number of anilines is 1. The van der Waals surface area contributed by atoms with E-state index in [9.17, 15) is 29.2 Å². The SMILES string of the molecule is COc1ccc(F)cc1/C(O)=C1\C(=O)C(=O)N(c2nc3ccc([N+](=O)[O-])cc3s2)C1c1cccnc1. The third kappa shape index (κ3) is 3.73. The van der Waals surface area contributed by atoms with Crippen molar-refractivity contribution < 1.29 is 28.7 Å². The fourth-order valence-electron chi connectivity index (χ4n) is 4.01. The van der Waals surface area contributed by atoms with Crippen LogP contribution < -0.4 is 9.64 Å². The average molecular weight is 506 g/mol. The minimum Gasteiger partial charge on any atom is -0.507 e. The summed E-state index contributed by atoms with van der Waals surface area (Å²) in [7, 11) is 1.32. The molecule has 0 bridgehead atoms. The number of thiazole rings is 1. The Morgan fingerprint density at radius 2 is 2.03 bits per heavy atom. The summed E-state index contributed by atoms with van der Waals surface area (Å²) in [6, 6.07) is 9.54. The molecule has 1 unspecified atom stereocenters. The van der Waals surface area contributed by atoms with Gasteiger partial charge in [0.15, 0.2) is 5.13 Å². The second kappa shape index (κ2) is 8.82. The molecule has 1 aliphatic rings. The highest BCUT2D eigenvalue weighted by Gasteiger charge is 2.48. The van der Waals surface area contributed by atoms with Crippen LogP contribution in [0.1, 0.15) is 17.2 Å². The number of aromatic nitrogens is 2. The van der Waals surface area contributed by atoms with E-state index < -0.39 is 34.2 Å². The molecule has 10 nitrogen and oxygen atoms in total. The predicted octanol–water partition coefficient (Wildman–Crippen LogP) is 4.37. The van der Waals surface area contributed by atoms with Gasteiger partial charge in [-0.3, -0.25) is 29.6 Å². The van der Waals surface area contributed by atoms with Crippen LogP contribution in [-0.2, 0) is 9.59 Å². The molecule has 1 atom stereocenters. The van der Waals surface area contributed by atoms with Crippen LogP contribution in [0.4, 0.5) is 15.2 Å². The van der Waals surface area contributed by atoms with Crippen LogP contribution >= 0.6 is 11.3 Å². The van der Waals surface area contributed by atoms with Crippen molar-refractivity contribution in [1.29, 1.82) is 0 Å². The fourth-order valence-corrected chi connectivity index (χ4v) is 5.04. The molecular formula is C24H15FN4O6S. The number of nitrogens with zero attached hydrogens (tertiary/aromatic N) is 4. The fraction of sp³-hybridized carbons (Fsp3) is 0.0833. The number of nitro groups is 1. The first kappa shape index (κ1) is 23.1. The maximum Gasteiger partial charge on any atom is 0.301 e. The zero-order valence-electron chi connectivity index (χ0n) is 18.4. The first-order chi connectivity index (χ1) is 17.3. The number of amides is 1. The van der Waals surface area contributed by atoms with Crippen LogP contribution in [0, 0.1) is 15.9 Å². The summed E-state index contributed by atoms with van der Waals surface area (Å²) in [5.41, 5.74) is 0.214. The molecule has 1 amide bonds. The van der Waals surface area contributed by atoms with Crippen molar-refractivity contribution in [1.82, 2.24) is 9.97 Å². The van der Waals surface area contributed by atoms with Gasteiger partial charge in [-0.05, 0) is 35.9 Å². The number of nitro benzene ring substituents is 1. The number of rotatable bonds is 5. The van der Waals surface area contributed by atoms with Gasteiger partial charge < -0.3 is 9.84 Å². The lowest BCUT2D eigenvalue weighted by molar-refractivity contribution is -0.384. The number of benzene rings is 2. The molecule has 5 rings (SSSR count). The van der Waals surface area contributed by atoms with Gasteiger partial charge in [-0.2, -0.15) is 0 Å². The van der Waals surface area contributed by atoms with Crippen molar-refractivity contribution in [2.75, 3.05) is 12.0 Å². The number of ketones is 1. The van der Waals surface area contributed by atoms with Gasteiger partial charge in [0.1, 0.15) is 17.3 Å².